The SMILES string of the molecule is Nc1ccc2c(C(=O)Nc3ccc(F)c(F)c3)nccc2c1. The Kier molecular flexibility index (Phi) is 3.42. The standard InChI is InChI=1S/C16H11F2N3O/c17-13-4-2-11(8-14(13)18)21-16(22)15-12-3-1-10(19)7-9(12)5-6-20-15/h1-8H,19H2,(H,21,22). The average Bonchev–Trinajstić information content (AvgIpc) is 2.50. The number of halogens is 2. The van der Waals surface area contributed by atoms with Gasteiger partial charge in [-0.25, -0.2) is 8.78 Å². The Morgan fingerprint density at radius 1 is 1.05 bits per heavy atom. The number of carbonyl (C=O) groups is 1. The summed E-state index contributed by atoms with van der Waals surface area (Å²) in [5, 5.41) is 3.88. The smallest absolute Gasteiger partial charge is 0.274 e. The summed E-state index contributed by atoms with van der Waals surface area (Å²) < 4.78 is 26.1. The largest absolute Gasteiger partial charge is 0.399 e. The van der Waals surface area contributed by atoms with Gasteiger partial charge >= 0.3 is 0 Å². The molecule has 3 aromatic rings. The first kappa shape index (κ1) is 13.9. The highest BCUT2D eigenvalue weighted by atomic mass is 19.2. The van der Waals surface area contributed by atoms with E-state index in [-0.39, 0.29) is 11.4 Å². The minimum Gasteiger partial charge on any atom is -0.399 e. The third-order valence-electron chi connectivity index (χ3n) is 3.18. The Morgan fingerprint density at radius 3 is 2.64 bits per heavy atom. The van der Waals surface area contributed by atoms with Crippen LogP contribution in [-0.4, -0.2) is 10.9 Å². The lowest BCUT2D eigenvalue weighted by Gasteiger charge is -2.08. The first-order valence-corrected chi connectivity index (χ1v) is 6.45. The number of aromatic nitrogens is 1. The quantitative estimate of drug-likeness (QED) is 0.713. The summed E-state index contributed by atoms with van der Waals surface area (Å²) in [7, 11) is 0. The number of nitrogen functional groups attached to an aromatic ring is 1. The fourth-order valence-corrected chi connectivity index (χ4v) is 2.14. The molecule has 0 radical (unpaired) electrons. The highest BCUT2D eigenvalue weighted by Gasteiger charge is 2.13. The topological polar surface area (TPSA) is 68.0 Å². The molecular formula is C16H11F2N3O. The molecule has 2 aromatic carbocycles. The van der Waals surface area contributed by atoms with Crippen LogP contribution in [0.5, 0.6) is 0 Å². The van der Waals surface area contributed by atoms with Crippen molar-refractivity contribution in [2.45, 2.75) is 0 Å². The highest BCUT2D eigenvalue weighted by Crippen LogP contribution is 2.21. The minimum absolute atomic E-state index is 0.151. The second-order valence-electron chi connectivity index (χ2n) is 4.72. The summed E-state index contributed by atoms with van der Waals surface area (Å²) in [6.45, 7) is 0. The molecule has 0 bridgehead atoms. The zero-order valence-electron chi connectivity index (χ0n) is 11.3. The van der Waals surface area contributed by atoms with E-state index < -0.39 is 17.5 Å². The van der Waals surface area contributed by atoms with E-state index in [0.29, 0.717) is 11.1 Å². The van der Waals surface area contributed by atoms with Crippen molar-refractivity contribution in [3.05, 3.63) is 66.0 Å². The molecule has 6 heteroatoms. The summed E-state index contributed by atoms with van der Waals surface area (Å²) in [6.07, 6.45) is 1.49. The molecule has 0 atom stereocenters. The maximum atomic E-state index is 13.2. The molecule has 22 heavy (non-hydrogen) atoms. The second kappa shape index (κ2) is 5.40. The maximum absolute atomic E-state index is 13.2. The van der Waals surface area contributed by atoms with Gasteiger partial charge in [-0.15, -0.1) is 0 Å². The Hall–Kier alpha value is -3.02. The molecule has 110 valence electrons. The lowest BCUT2D eigenvalue weighted by atomic mass is 10.1. The van der Waals surface area contributed by atoms with E-state index in [2.05, 4.69) is 10.3 Å². The van der Waals surface area contributed by atoms with Crippen LogP contribution in [0.15, 0.2) is 48.7 Å². The van der Waals surface area contributed by atoms with Crippen molar-refractivity contribution >= 4 is 28.1 Å². The van der Waals surface area contributed by atoms with Crippen LogP contribution < -0.4 is 11.1 Å². The van der Waals surface area contributed by atoms with Crippen LogP contribution in [0.4, 0.5) is 20.2 Å². The van der Waals surface area contributed by atoms with Crippen molar-refractivity contribution in [2.75, 3.05) is 11.1 Å². The summed E-state index contributed by atoms with van der Waals surface area (Å²) in [5.74, 6) is -2.52. The Balaban J connectivity index is 1.96. The molecule has 0 saturated carbocycles. The number of hydrogen-bond acceptors (Lipinski definition) is 3. The summed E-state index contributed by atoms with van der Waals surface area (Å²) >= 11 is 0. The summed E-state index contributed by atoms with van der Waals surface area (Å²) in [5.41, 5.74) is 6.61. The number of fused-ring (bicyclic) bond motifs is 1. The number of nitrogens with two attached hydrogens (primary N) is 1. The van der Waals surface area contributed by atoms with Gasteiger partial charge in [-0.1, -0.05) is 0 Å². The van der Waals surface area contributed by atoms with Crippen molar-refractivity contribution in [2.24, 2.45) is 0 Å². The van der Waals surface area contributed by atoms with Gasteiger partial charge in [-0.2, -0.15) is 0 Å². The van der Waals surface area contributed by atoms with Crippen LogP contribution >= 0.6 is 0 Å². The van der Waals surface area contributed by atoms with Gasteiger partial charge in [0.05, 0.1) is 0 Å². The number of amides is 1. The Morgan fingerprint density at radius 2 is 1.86 bits per heavy atom. The van der Waals surface area contributed by atoms with Crippen molar-refractivity contribution in [3.63, 3.8) is 0 Å². The normalized spacial score (nSPS) is 10.6. The van der Waals surface area contributed by atoms with Gasteiger partial charge in [0.2, 0.25) is 0 Å². The van der Waals surface area contributed by atoms with E-state index in [0.717, 1.165) is 17.5 Å². The number of hydrogen-bond donors (Lipinski definition) is 2. The third-order valence-corrected chi connectivity index (χ3v) is 3.18. The number of nitrogens with one attached hydrogen (secondary N) is 1. The lowest BCUT2D eigenvalue weighted by Crippen LogP contribution is -2.14. The number of nitrogens with zero attached hydrogens (tertiary/aromatic N) is 1. The Labute approximate surface area is 124 Å². The van der Waals surface area contributed by atoms with Crippen LogP contribution in [-0.2, 0) is 0 Å². The van der Waals surface area contributed by atoms with E-state index in [1.807, 2.05) is 0 Å². The number of pyridine rings is 1. The van der Waals surface area contributed by atoms with Crippen LogP contribution in [0.2, 0.25) is 0 Å². The van der Waals surface area contributed by atoms with Gasteiger partial charge in [-0.05, 0) is 41.8 Å². The maximum Gasteiger partial charge on any atom is 0.274 e. The third kappa shape index (κ3) is 2.58. The molecule has 0 aliphatic rings. The van der Waals surface area contributed by atoms with Crippen LogP contribution in [0.1, 0.15) is 10.5 Å². The molecule has 1 aromatic heterocycles. The average molecular weight is 299 g/mol. The zero-order valence-corrected chi connectivity index (χ0v) is 11.3. The first-order valence-electron chi connectivity index (χ1n) is 6.45. The Bertz CT molecular complexity index is 880. The van der Waals surface area contributed by atoms with Crippen molar-refractivity contribution in [3.8, 4) is 0 Å². The van der Waals surface area contributed by atoms with Gasteiger partial charge in [0.25, 0.3) is 5.91 Å². The van der Waals surface area contributed by atoms with E-state index in [1.54, 1.807) is 24.3 Å². The van der Waals surface area contributed by atoms with Gasteiger partial charge < -0.3 is 11.1 Å². The van der Waals surface area contributed by atoms with Crippen LogP contribution in [0.25, 0.3) is 10.8 Å². The van der Waals surface area contributed by atoms with Gasteiger partial charge in [-0.3, -0.25) is 9.78 Å². The molecule has 0 unspecified atom stereocenters. The number of benzene rings is 2. The predicted octanol–water partition coefficient (Wildman–Crippen LogP) is 3.35. The molecule has 0 aliphatic carbocycles. The molecule has 3 N–H and O–H groups in total. The minimum atomic E-state index is -1.03. The first-order chi connectivity index (χ1) is 10.5. The highest BCUT2D eigenvalue weighted by molar-refractivity contribution is 6.11. The van der Waals surface area contributed by atoms with E-state index in [1.165, 1.54) is 12.3 Å². The molecule has 0 fully saturated rings. The van der Waals surface area contributed by atoms with E-state index in [4.69, 9.17) is 5.73 Å². The molecule has 3 rings (SSSR count). The van der Waals surface area contributed by atoms with E-state index >= 15 is 0 Å². The predicted molar refractivity (Wildman–Crippen MR) is 80.5 cm³/mol. The van der Waals surface area contributed by atoms with Gasteiger partial charge in [0.1, 0.15) is 5.69 Å². The van der Waals surface area contributed by atoms with Crippen LogP contribution in [0, 0.1) is 11.6 Å². The fourth-order valence-electron chi connectivity index (χ4n) is 2.14. The molecule has 0 aliphatic heterocycles. The zero-order chi connectivity index (χ0) is 15.7. The van der Waals surface area contributed by atoms with Crippen LogP contribution in [0.3, 0.4) is 0 Å². The molecule has 4 nitrogen and oxygen atoms in total. The second-order valence-corrected chi connectivity index (χ2v) is 4.72. The summed E-state index contributed by atoms with van der Waals surface area (Å²) in [6, 6.07) is 9.96. The van der Waals surface area contributed by atoms with Crippen molar-refractivity contribution in [1.29, 1.82) is 0 Å². The fraction of sp³-hybridized carbons (Fsp3) is 0. The molecular weight excluding hydrogens is 288 g/mol. The molecule has 0 saturated heterocycles. The van der Waals surface area contributed by atoms with Crippen molar-refractivity contribution in [1.82, 2.24) is 4.98 Å². The van der Waals surface area contributed by atoms with Crippen molar-refractivity contribution < 1.29 is 13.6 Å². The molecule has 1 heterocycles. The van der Waals surface area contributed by atoms with E-state index in [9.17, 15) is 13.6 Å². The number of carbonyl (C=O) groups excluding carboxylic acids is 1. The van der Waals surface area contributed by atoms with Gasteiger partial charge in [0.15, 0.2) is 11.6 Å². The molecule has 0 spiro atoms. The summed E-state index contributed by atoms with van der Waals surface area (Å²) in [4.78, 5) is 16.3. The monoisotopic (exact) mass is 299 g/mol. The molecule has 1 amide bonds. The number of rotatable bonds is 2. The lowest BCUT2D eigenvalue weighted by molar-refractivity contribution is 0.102. The number of anilines is 2. The van der Waals surface area contributed by atoms with Gasteiger partial charge in [0, 0.05) is 29.0 Å².